The summed E-state index contributed by atoms with van der Waals surface area (Å²) in [6, 6.07) is 5.53. The van der Waals surface area contributed by atoms with Gasteiger partial charge in [-0.2, -0.15) is 0 Å². The number of hydrogen-bond donors (Lipinski definition) is 2. The van der Waals surface area contributed by atoms with Gasteiger partial charge < -0.3 is 16.2 Å². The van der Waals surface area contributed by atoms with E-state index in [-0.39, 0.29) is 12.5 Å². The summed E-state index contributed by atoms with van der Waals surface area (Å²) in [5.74, 6) is 0.868. The molecule has 5 nitrogen and oxygen atoms in total. The minimum absolute atomic E-state index is 0.242. The van der Waals surface area contributed by atoms with Crippen molar-refractivity contribution in [1.29, 1.82) is 0 Å². The predicted octanol–water partition coefficient (Wildman–Crippen LogP) is 1.22. The van der Waals surface area contributed by atoms with Gasteiger partial charge in [-0.05, 0) is 12.0 Å². The van der Waals surface area contributed by atoms with Gasteiger partial charge >= 0.3 is 0 Å². The van der Waals surface area contributed by atoms with Crippen molar-refractivity contribution in [2.24, 2.45) is 11.7 Å². The summed E-state index contributed by atoms with van der Waals surface area (Å²) in [7, 11) is 1.61. The highest BCUT2D eigenvalue weighted by Gasteiger charge is 2.13. The molecule has 0 aliphatic rings. The quantitative estimate of drug-likeness (QED) is 0.726. The van der Waals surface area contributed by atoms with Crippen molar-refractivity contribution in [1.82, 2.24) is 4.90 Å². The highest BCUT2D eigenvalue weighted by atomic mass is 16.5. The van der Waals surface area contributed by atoms with Gasteiger partial charge in [-0.1, -0.05) is 19.9 Å². The topological polar surface area (TPSA) is 81.6 Å². The van der Waals surface area contributed by atoms with Crippen molar-refractivity contribution >= 4 is 11.6 Å². The molecule has 0 atom stereocenters. The van der Waals surface area contributed by atoms with Gasteiger partial charge in [-0.3, -0.25) is 9.69 Å². The van der Waals surface area contributed by atoms with E-state index in [0.29, 0.717) is 18.2 Å². The number of primary amides is 1. The lowest BCUT2D eigenvalue weighted by atomic mass is 10.1. The van der Waals surface area contributed by atoms with E-state index in [4.69, 9.17) is 16.2 Å². The van der Waals surface area contributed by atoms with Gasteiger partial charge in [0.1, 0.15) is 5.75 Å². The molecule has 0 fully saturated rings. The Kier molecular flexibility index (Phi) is 5.63. The fourth-order valence-corrected chi connectivity index (χ4v) is 2.05. The molecule has 0 saturated heterocycles. The Morgan fingerprint density at radius 2 is 2.11 bits per heavy atom. The van der Waals surface area contributed by atoms with Crippen LogP contribution in [-0.2, 0) is 11.3 Å². The second-order valence-corrected chi connectivity index (χ2v) is 5.10. The van der Waals surface area contributed by atoms with Crippen molar-refractivity contribution in [3.63, 3.8) is 0 Å². The SMILES string of the molecule is COc1cc(N)ccc1CN(CC(N)=O)CC(C)C. The lowest BCUT2D eigenvalue weighted by Crippen LogP contribution is -2.35. The van der Waals surface area contributed by atoms with Gasteiger partial charge in [0.25, 0.3) is 0 Å². The lowest BCUT2D eigenvalue weighted by Gasteiger charge is -2.23. The van der Waals surface area contributed by atoms with E-state index in [1.807, 2.05) is 17.0 Å². The Morgan fingerprint density at radius 3 is 2.63 bits per heavy atom. The first-order valence-electron chi connectivity index (χ1n) is 6.35. The summed E-state index contributed by atoms with van der Waals surface area (Å²) >= 11 is 0. The Bertz CT molecular complexity index is 433. The van der Waals surface area contributed by atoms with Gasteiger partial charge in [-0.25, -0.2) is 0 Å². The standard InChI is InChI=1S/C14H23N3O2/c1-10(2)7-17(9-14(16)18)8-11-4-5-12(15)6-13(11)19-3/h4-6,10H,7-9,15H2,1-3H3,(H2,16,18). The van der Waals surface area contributed by atoms with Crippen molar-refractivity contribution in [3.8, 4) is 5.75 Å². The van der Waals surface area contributed by atoms with Crippen LogP contribution in [0.3, 0.4) is 0 Å². The molecule has 0 saturated carbocycles. The predicted molar refractivity (Wildman–Crippen MR) is 76.7 cm³/mol. The lowest BCUT2D eigenvalue weighted by molar-refractivity contribution is -0.119. The molecule has 0 radical (unpaired) electrons. The molecule has 19 heavy (non-hydrogen) atoms. The average molecular weight is 265 g/mol. The molecule has 0 bridgehead atoms. The third-order valence-electron chi connectivity index (χ3n) is 2.71. The zero-order chi connectivity index (χ0) is 14.4. The Balaban J connectivity index is 2.85. The van der Waals surface area contributed by atoms with Gasteiger partial charge in [0.2, 0.25) is 5.91 Å². The van der Waals surface area contributed by atoms with Crippen LogP contribution in [0.1, 0.15) is 19.4 Å². The van der Waals surface area contributed by atoms with Gasteiger partial charge in [-0.15, -0.1) is 0 Å². The first-order chi connectivity index (χ1) is 8.92. The van der Waals surface area contributed by atoms with Crippen LogP contribution in [0, 0.1) is 5.92 Å². The molecule has 1 amide bonds. The third-order valence-corrected chi connectivity index (χ3v) is 2.71. The molecule has 1 aromatic carbocycles. The number of anilines is 1. The number of methoxy groups -OCH3 is 1. The number of rotatable bonds is 7. The Morgan fingerprint density at radius 1 is 1.42 bits per heavy atom. The third kappa shape index (κ3) is 5.18. The fourth-order valence-electron chi connectivity index (χ4n) is 2.05. The number of nitrogens with zero attached hydrogens (tertiary/aromatic N) is 1. The number of nitrogens with two attached hydrogens (primary N) is 2. The van der Waals surface area contributed by atoms with Crippen LogP contribution in [0.25, 0.3) is 0 Å². The van der Waals surface area contributed by atoms with E-state index in [1.54, 1.807) is 13.2 Å². The Hall–Kier alpha value is -1.75. The molecule has 0 unspecified atom stereocenters. The molecule has 4 N–H and O–H groups in total. The summed E-state index contributed by atoms with van der Waals surface area (Å²) in [5.41, 5.74) is 12.7. The summed E-state index contributed by atoms with van der Waals surface area (Å²) in [6.07, 6.45) is 0. The average Bonchev–Trinajstić information content (AvgIpc) is 2.29. The van der Waals surface area contributed by atoms with Crippen LogP contribution in [-0.4, -0.2) is 31.0 Å². The van der Waals surface area contributed by atoms with E-state index in [2.05, 4.69) is 13.8 Å². The van der Waals surface area contributed by atoms with Crippen molar-refractivity contribution in [2.75, 3.05) is 25.9 Å². The second-order valence-electron chi connectivity index (χ2n) is 5.10. The van der Waals surface area contributed by atoms with Crippen molar-refractivity contribution in [3.05, 3.63) is 23.8 Å². The second kappa shape index (κ2) is 6.99. The highest BCUT2D eigenvalue weighted by Crippen LogP contribution is 2.23. The zero-order valence-electron chi connectivity index (χ0n) is 11.8. The van der Waals surface area contributed by atoms with Gasteiger partial charge in [0, 0.05) is 30.4 Å². The van der Waals surface area contributed by atoms with Gasteiger partial charge in [0.15, 0.2) is 0 Å². The molecule has 1 rings (SSSR count). The van der Waals surface area contributed by atoms with Crippen molar-refractivity contribution in [2.45, 2.75) is 20.4 Å². The first-order valence-corrected chi connectivity index (χ1v) is 6.35. The summed E-state index contributed by atoms with van der Waals surface area (Å²) < 4.78 is 5.31. The molecule has 0 heterocycles. The monoisotopic (exact) mass is 265 g/mol. The van der Waals surface area contributed by atoms with E-state index >= 15 is 0 Å². The maximum absolute atomic E-state index is 11.1. The normalized spacial score (nSPS) is 11.0. The van der Waals surface area contributed by atoms with Crippen LogP contribution in [0.5, 0.6) is 5.75 Å². The molecule has 1 aromatic rings. The van der Waals surface area contributed by atoms with Crippen LogP contribution in [0.2, 0.25) is 0 Å². The van der Waals surface area contributed by atoms with Crippen LogP contribution in [0.15, 0.2) is 18.2 Å². The van der Waals surface area contributed by atoms with Crippen molar-refractivity contribution < 1.29 is 9.53 Å². The smallest absolute Gasteiger partial charge is 0.231 e. The van der Waals surface area contributed by atoms with Crippen LogP contribution in [0.4, 0.5) is 5.69 Å². The minimum Gasteiger partial charge on any atom is -0.496 e. The molecule has 0 spiro atoms. The number of carbonyl (C=O) groups is 1. The zero-order valence-corrected chi connectivity index (χ0v) is 11.8. The summed E-state index contributed by atoms with van der Waals surface area (Å²) in [4.78, 5) is 13.1. The molecule has 0 aliphatic carbocycles. The maximum Gasteiger partial charge on any atom is 0.231 e. The summed E-state index contributed by atoms with van der Waals surface area (Å²) in [5, 5.41) is 0. The van der Waals surface area contributed by atoms with E-state index in [0.717, 1.165) is 17.9 Å². The number of nitrogen functional groups attached to an aromatic ring is 1. The number of carbonyl (C=O) groups excluding carboxylic acids is 1. The van der Waals surface area contributed by atoms with E-state index in [9.17, 15) is 4.79 Å². The number of benzene rings is 1. The molecule has 5 heteroatoms. The van der Waals surface area contributed by atoms with Gasteiger partial charge in [0.05, 0.1) is 13.7 Å². The highest BCUT2D eigenvalue weighted by molar-refractivity contribution is 5.75. The molecule has 0 aliphatic heterocycles. The molecular weight excluding hydrogens is 242 g/mol. The van der Waals surface area contributed by atoms with Crippen LogP contribution < -0.4 is 16.2 Å². The minimum atomic E-state index is -0.324. The Labute approximate surface area is 114 Å². The molecule has 0 aromatic heterocycles. The molecule has 106 valence electrons. The van der Waals surface area contributed by atoms with Crippen LogP contribution >= 0.6 is 0 Å². The fraction of sp³-hybridized carbons (Fsp3) is 0.500. The van der Waals surface area contributed by atoms with E-state index in [1.165, 1.54) is 0 Å². The number of amides is 1. The first kappa shape index (κ1) is 15.3. The molecular formula is C14H23N3O2. The van der Waals surface area contributed by atoms with E-state index < -0.39 is 0 Å². The summed E-state index contributed by atoms with van der Waals surface area (Å²) in [6.45, 7) is 5.87. The number of hydrogen-bond acceptors (Lipinski definition) is 4. The largest absolute Gasteiger partial charge is 0.496 e. The number of ether oxygens (including phenoxy) is 1. The maximum atomic E-state index is 11.1.